The Labute approximate surface area is 98.9 Å². The van der Waals surface area contributed by atoms with E-state index in [1.54, 1.807) is 12.1 Å². The molecule has 0 saturated heterocycles. The van der Waals surface area contributed by atoms with Gasteiger partial charge in [0.25, 0.3) is 0 Å². The predicted octanol–water partition coefficient (Wildman–Crippen LogP) is 2.95. The number of aryl methyl sites for hydroxylation is 1. The van der Waals surface area contributed by atoms with Crippen LogP contribution in [0, 0.1) is 0 Å². The van der Waals surface area contributed by atoms with Gasteiger partial charge in [0.2, 0.25) is 0 Å². The van der Waals surface area contributed by atoms with E-state index in [0.717, 1.165) is 22.0 Å². The number of fused-ring (bicyclic) bond motifs is 1. The Morgan fingerprint density at radius 1 is 1.06 bits per heavy atom. The van der Waals surface area contributed by atoms with Crippen LogP contribution >= 0.6 is 0 Å². The molecule has 1 heterocycles. The van der Waals surface area contributed by atoms with Crippen molar-refractivity contribution in [1.82, 2.24) is 9.78 Å². The van der Waals surface area contributed by atoms with Gasteiger partial charge in [-0.3, -0.25) is 4.68 Å². The first-order valence-corrected chi connectivity index (χ1v) is 5.46. The summed E-state index contributed by atoms with van der Waals surface area (Å²) in [6.45, 7) is 0. The quantitative estimate of drug-likeness (QED) is 0.690. The minimum atomic E-state index is 0.280. The fourth-order valence-electron chi connectivity index (χ4n) is 2.04. The van der Waals surface area contributed by atoms with E-state index in [1.807, 2.05) is 48.3 Å². The minimum absolute atomic E-state index is 0.280. The first kappa shape index (κ1) is 9.90. The number of phenols is 1. The molecule has 0 atom stereocenters. The lowest BCUT2D eigenvalue weighted by molar-refractivity contribution is 0.475. The second kappa shape index (κ2) is 3.63. The van der Waals surface area contributed by atoms with Crippen LogP contribution in [0.1, 0.15) is 0 Å². The second-order valence-corrected chi connectivity index (χ2v) is 4.09. The van der Waals surface area contributed by atoms with E-state index in [-0.39, 0.29) is 5.75 Å². The summed E-state index contributed by atoms with van der Waals surface area (Å²) in [4.78, 5) is 0. The van der Waals surface area contributed by atoms with Gasteiger partial charge >= 0.3 is 0 Å². The third-order valence-corrected chi connectivity index (χ3v) is 2.83. The number of aromatic hydroxyl groups is 1. The summed E-state index contributed by atoms with van der Waals surface area (Å²) < 4.78 is 1.81. The maximum absolute atomic E-state index is 9.30. The lowest BCUT2D eigenvalue weighted by atomic mass is 10.0. The monoisotopic (exact) mass is 224 g/mol. The van der Waals surface area contributed by atoms with Crippen LogP contribution in [0.2, 0.25) is 0 Å². The summed E-state index contributed by atoms with van der Waals surface area (Å²) in [6.07, 6.45) is 2.00. The van der Waals surface area contributed by atoms with Crippen LogP contribution in [0.25, 0.3) is 22.0 Å². The SMILES string of the molecule is Cn1cc2cccc(-c3ccc(O)cc3)c2n1. The average Bonchev–Trinajstić information content (AvgIpc) is 2.70. The zero-order chi connectivity index (χ0) is 11.8. The van der Waals surface area contributed by atoms with E-state index >= 15 is 0 Å². The summed E-state index contributed by atoms with van der Waals surface area (Å²) >= 11 is 0. The molecule has 2 aromatic carbocycles. The lowest BCUT2D eigenvalue weighted by Crippen LogP contribution is -1.86. The first-order chi connectivity index (χ1) is 8.24. The Balaban J connectivity index is 2.26. The maximum atomic E-state index is 9.30. The van der Waals surface area contributed by atoms with Crippen LogP contribution in [0.5, 0.6) is 5.75 Å². The van der Waals surface area contributed by atoms with E-state index in [0.29, 0.717) is 0 Å². The molecular formula is C14H12N2O. The standard InChI is InChI=1S/C14H12N2O/c1-16-9-11-3-2-4-13(14(11)15-16)10-5-7-12(17)8-6-10/h2-9,17H,1H3. The van der Waals surface area contributed by atoms with Crippen molar-refractivity contribution in [2.24, 2.45) is 7.05 Å². The highest BCUT2D eigenvalue weighted by atomic mass is 16.3. The average molecular weight is 224 g/mol. The molecule has 0 aliphatic heterocycles. The summed E-state index contributed by atoms with van der Waals surface area (Å²) in [5.41, 5.74) is 3.14. The van der Waals surface area contributed by atoms with Gasteiger partial charge in [-0.15, -0.1) is 0 Å². The van der Waals surface area contributed by atoms with Gasteiger partial charge in [0.05, 0.1) is 0 Å². The molecule has 0 amide bonds. The molecule has 0 saturated carbocycles. The Morgan fingerprint density at radius 3 is 2.59 bits per heavy atom. The van der Waals surface area contributed by atoms with Gasteiger partial charge in [-0.1, -0.05) is 30.3 Å². The van der Waals surface area contributed by atoms with Gasteiger partial charge < -0.3 is 5.11 Å². The molecule has 84 valence electrons. The number of rotatable bonds is 1. The summed E-state index contributed by atoms with van der Waals surface area (Å²) in [6, 6.07) is 13.3. The topological polar surface area (TPSA) is 38.0 Å². The normalized spacial score (nSPS) is 10.9. The number of phenolic OH excluding ortho intramolecular Hbond substituents is 1. The lowest BCUT2D eigenvalue weighted by Gasteiger charge is -2.02. The second-order valence-electron chi connectivity index (χ2n) is 4.09. The van der Waals surface area contributed by atoms with Crippen molar-refractivity contribution in [2.45, 2.75) is 0 Å². The molecule has 3 heteroatoms. The van der Waals surface area contributed by atoms with Crippen molar-refractivity contribution in [3.8, 4) is 16.9 Å². The van der Waals surface area contributed by atoms with E-state index in [4.69, 9.17) is 0 Å². The Kier molecular flexibility index (Phi) is 2.11. The number of hydrogen-bond donors (Lipinski definition) is 1. The van der Waals surface area contributed by atoms with Gasteiger partial charge in [-0.05, 0) is 17.7 Å². The minimum Gasteiger partial charge on any atom is -0.508 e. The zero-order valence-electron chi connectivity index (χ0n) is 9.46. The molecule has 17 heavy (non-hydrogen) atoms. The van der Waals surface area contributed by atoms with Gasteiger partial charge in [0.1, 0.15) is 11.3 Å². The van der Waals surface area contributed by atoms with E-state index in [1.165, 1.54) is 0 Å². The zero-order valence-corrected chi connectivity index (χ0v) is 9.46. The van der Waals surface area contributed by atoms with Crippen LogP contribution in [-0.2, 0) is 7.05 Å². The number of benzene rings is 2. The van der Waals surface area contributed by atoms with Crippen molar-refractivity contribution in [3.05, 3.63) is 48.7 Å². The van der Waals surface area contributed by atoms with Gasteiger partial charge in [0.15, 0.2) is 0 Å². The van der Waals surface area contributed by atoms with Crippen molar-refractivity contribution in [1.29, 1.82) is 0 Å². The van der Waals surface area contributed by atoms with Crippen LogP contribution in [0.3, 0.4) is 0 Å². The van der Waals surface area contributed by atoms with Crippen molar-refractivity contribution in [3.63, 3.8) is 0 Å². The van der Waals surface area contributed by atoms with Crippen molar-refractivity contribution < 1.29 is 5.11 Å². The molecular weight excluding hydrogens is 212 g/mol. The molecule has 1 N–H and O–H groups in total. The molecule has 0 bridgehead atoms. The first-order valence-electron chi connectivity index (χ1n) is 5.46. The summed E-state index contributed by atoms with van der Waals surface area (Å²) in [5, 5.41) is 14.9. The highest BCUT2D eigenvalue weighted by Crippen LogP contribution is 2.28. The number of nitrogens with zero attached hydrogens (tertiary/aromatic N) is 2. The maximum Gasteiger partial charge on any atom is 0.115 e. The van der Waals surface area contributed by atoms with Crippen LogP contribution < -0.4 is 0 Å². The number of aromatic nitrogens is 2. The van der Waals surface area contributed by atoms with Gasteiger partial charge in [-0.2, -0.15) is 5.10 Å². The molecule has 0 aliphatic carbocycles. The smallest absolute Gasteiger partial charge is 0.115 e. The third kappa shape index (κ3) is 1.65. The largest absolute Gasteiger partial charge is 0.508 e. The van der Waals surface area contributed by atoms with Gasteiger partial charge in [0, 0.05) is 24.2 Å². The molecule has 3 rings (SSSR count). The van der Waals surface area contributed by atoms with Crippen LogP contribution in [0.4, 0.5) is 0 Å². The number of hydrogen-bond acceptors (Lipinski definition) is 2. The Morgan fingerprint density at radius 2 is 1.82 bits per heavy atom. The fourth-order valence-corrected chi connectivity index (χ4v) is 2.04. The summed E-state index contributed by atoms with van der Waals surface area (Å²) in [7, 11) is 1.92. The summed E-state index contributed by atoms with van der Waals surface area (Å²) in [5.74, 6) is 0.280. The molecule has 3 aromatic rings. The van der Waals surface area contributed by atoms with Crippen molar-refractivity contribution >= 4 is 10.9 Å². The predicted molar refractivity (Wildman–Crippen MR) is 67.8 cm³/mol. The van der Waals surface area contributed by atoms with E-state index < -0.39 is 0 Å². The van der Waals surface area contributed by atoms with Gasteiger partial charge in [-0.25, -0.2) is 0 Å². The van der Waals surface area contributed by atoms with Crippen LogP contribution in [0.15, 0.2) is 48.7 Å². The van der Waals surface area contributed by atoms with E-state index in [2.05, 4.69) is 5.10 Å². The van der Waals surface area contributed by atoms with Crippen LogP contribution in [-0.4, -0.2) is 14.9 Å². The molecule has 0 spiro atoms. The molecule has 0 fully saturated rings. The molecule has 1 aromatic heterocycles. The Hall–Kier alpha value is -2.29. The highest BCUT2D eigenvalue weighted by Gasteiger charge is 2.06. The Bertz CT molecular complexity index is 668. The fraction of sp³-hybridized carbons (Fsp3) is 0.0714. The van der Waals surface area contributed by atoms with E-state index in [9.17, 15) is 5.11 Å². The van der Waals surface area contributed by atoms with Crippen molar-refractivity contribution in [2.75, 3.05) is 0 Å². The highest BCUT2D eigenvalue weighted by molar-refractivity contribution is 5.93. The molecule has 0 aliphatic rings. The molecule has 0 radical (unpaired) electrons. The molecule has 0 unspecified atom stereocenters. The molecule has 3 nitrogen and oxygen atoms in total. The third-order valence-electron chi connectivity index (χ3n) is 2.83.